The fourth-order valence-corrected chi connectivity index (χ4v) is 2.51. The summed E-state index contributed by atoms with van der Waals surface area (Å²) in [6.45, 7) is 2.32. The summed E-state index contributed by atoms with van der Waals surface area (Å²) < 4.78 is 0. The van der Waals surface area contributed by atoms with E-state index in [0.29, 0.717) is 22.3 Å². The van der Waals surface area contributed by atoms with Crippen LogP contribution >= 0.6 is 23.2 Å². The fraction of sp³-hybridized carbons (Fsp3) is 0.188. The van der Waals surface area contributed by atoms with Crippen molar-refractivity contribution in [3.8, 4) is 0 Å². The number of carbonyl (C=O) groups is 1. The fourth-order valence-electron chi connectivity index (χ4n) is 2.02. The predicted octanol–water partition coefficient (Wildman–Crippen LogP) is 3.26. The highest BCUT2D eigenvalue weighted by atomic mass is 35.5. The summed E-state index contributed by atoms with van der Waals surface area (Å²) in [5.74, 6) is -0.0954. The Hall–Kier alpha value is -1.55. The molecule has 0 unspecified atom stereocenters. The van der Waals surface area contributed by atoms with Crippen LogP contribution in [0.5, 0.6) is 0 Å². The van der Waals surface area contributed by atoms with Crippen LogP contribution in [-0.2, 0) is 4.79 Å². The Kier molecular flexibility index (Phi) is 5.62. The SMILES string of the molecule is C[C@H]([NH2+]CC(=O)Nc1ccccc1Cl)c1ccccc1Cl. The molecule has 110 valence electrons. The van der Waals surface area contributed by atoms with Gasteiger partial charge in [0.2, 0.25) is 0 Å². The summed E-state index contributed by atoms with van der Waals surface area (Å²) >= 11 is 12.2. The summed E-state index contributed by atoms with van der Waals surface area (Å²) in [5, 5.41) is 5.98. The smallest absolute Gasteiger partial charge is 0.279 e. The third kappa shape index (κ3) is 4.46. The third-order valence-electron chi connectivity index (χ3n) is 3.20. The van der Waals surface area contributed by atoms with Gasteiger partial charge in [-0.2, -0.15) is 0 Å². The first-order valence-electron chi connectivity index (χ1n) is 6.70. The number of anilines is 1. The van der Waals surface area contributed by atoms with Crippen LogP contribution in [0.3, 0.4) is 0 Å². The van der Waals surface area contributed by atoms with Gasteiger partial charge in [0.25, 0.3) is 5.91 Å². The highest BCUT2D eigenvalue weighted by molar-refractivity contribution is 6.33. The van der Waals surface area contributed by atoms with Gasteiger partial charge in [-0.15, -0.1) is 0 Å². The molecular formula is C16H17Cl2N2O+. The topological polar surface area (TPSA) is 45.7 Å². The maximum absolute atomic E-state index is 12.0. The van der Waals surface area contributed by atoms with Gasteiger partial charge in [-0.3, -0.25) is 4.79 Å². The largest absolute Gasteiger partial charge is 0.332 e. The Labute approximate surface area is 134 Å². The second kappa shape index (κ2) is 7.46. The van der Waals surface area contributed by atoms with E-state index in [0.717, 1.165) is 5.56 Å². The summed E-state index contributed by atoms with van der Waals surface area (Å²) in [7, 11) is 0. The zero-order valence-electron chi connectivity index (χ0n) is 11.6. The normalized spacial score (nSPS) is 12.0. The second-order valence-electron chi connectivity index (χ2n) is 4.78. The zero-order valence-corrected chi connectivity index (χ0v) is 13.2. The highest BCUT2D eigenvalue weighted by Gasteiger charge is 2.14. The predicted molar refractivity (Wildman–Crippen MR) is 86.7 cm³/mol. The molecule has 1 amide bonds. The van der Waals surface area contributed by atoms with Crippen LogP contribution in [0.4, 0.5) is 5.69 Å². The van der Waals surface area contributed by atoms with Crippen LogP contribution in [0.2, 0.25) is 10.0 Å². The van der Waals surface area contributed by atoms with E-state index in [1.807, 2.05) is 48.6 Å². The maximum Gasteiger partial charge on any atom is 0.279 e. The standard InChI is InChI=1S/C16H16Cl2N2O/c1-11(12-6-2-3-7-13(12)17)19-10-16(21)20-15-9-5-4-8-14(15)18/h2-9,11,19H,10H2,1H3,(H,20,21)/p+1/t11-/m0/s1. The van der Waals surface area contributed by atoms with Crippen molar-refractivity contribution < 1.29 is 10.1 Å². The van der Waals surface area contributed by atoms with Gasteiger partial charge >= 0.3 is 0 Å². The average Bonchev–Trinajstić information content (AvgIpc) is 2.48. The van der Waals surface area contributed by atoms with E-state index in [1.165, 1.54) is 0 Å². The summed E-state index contributed by atoms with van der Waals surface area (Å²) in [5.41, 5.74) is 1.65. The molecule has 0 saturated heterocycles. The van der Waals surface area contributed by atoms with Gasteiger partial charge in [0.15, 0.2) is 6.54 Å². The molecule has 0 saturated carbocycles. The molecule has 0 aliphatic heterocycles. The van der Waals surface area contributed by atoms with E-state index in [1.54, 1.807) is 12.1 Å². The molecule has 0 aromatic heterocycles. The second-order valence-corrected chi connectivity index (χ2v) is 5.59. The van der Waals surface area contributed by atoms with E-state index < -0.39 is 0 Å². The summed E-state index contributed by atoms with van der Waals surface area (Å²) in [6.07, 6.45) is 0. The van der Waals surface area contributed by atoms with Crippen molar-refractivity contribution in [1.29, 1.82) is 0 Å². The van der Waals surface area contributed by atoms with Crippen LogP contribution in [0.25, 0.3) is 0 Å². The monoisotopic (exact) mass is 323 g/mol. The first kappa shape index (κ1) is 15.8. The molecule has 5 heteroatoms. The van der Waals surface area contributed by atoms with Crippen LogP contribution in [-0.4, -0.2) is 12.5 Å². The number of halogens is 2. The molecule has 2 rings (SSSR count). The minimum absolute atomic E-state index is 0.0954. The molecule has 21 heavy (non-hydrogen) atoms. The van der Waals surface area contributed by atoms with Gasteiger partial charge in [-0.05, 0) is 25.1 Å². The third-order valence-corrected chi connectivity index (χ3v) is 3.87. The lowest BCUT2D eigenvalue weighted by Gasteiger charge is -2.12. The molecule has 0 spiro atoms. The molecule has 0 fully saturated rings. The Morgan fingerprint density at radius 2 is 1.71 bits per heavy atom. The van der Waals surface area contributed by atoms with Gasteiger partial charge in [-0.25, -0.2) is 0 Å². The number of nitrogens with two attached hydrogens (primary N) is 1. The molecule has 2 aromatic carbocycles. The van der Waals surface area contributed by atoms with E-state index in [4.69, 9.17) is 23.2 Å². The number of hydrogen-bond donors (Lipinski definition) is 2. The van der Waals surface area contributed by atoms with Crippen molar-refractivity contribution in [1.82, 2.24) is 0 Å². The van der Waals surface area contributed by atoms with Gasteiger partial charge < -0.3 is 10.6 Å². The first-order valence-corrected chi connectivity index (χ1v) is 7.45. The van der Waals surface area contributed by atoms with Crippen LogP contribution < -0.4 is 10.6 Å². The Bertz CT molecular complexity index is 631. The Morgan fingerprint density at radius 3 is 2.38 bits per heavy atom. The quantitative estimate of drug-likeness (QED) is 0.871. The van der Waals surface area contributed by atoms with Gasteiger partial charge in [0, 0.05) is 10.6 Å². The molecule has 3 nitrogen and oxygen atoms in total. The highest BCUT2D eigenvalue weighted by Crippen LogP contribution is 2.20. The minimum Gasteiger partial charge on any atom is -0.332 e. The molecule has 1 atom stereocenters. The minimum atomic E-state index is -0.0954. The van der Waals surface area contributed by atoms with Crippen LogP contribution in [0.1, 0.15) is 18.5 Å². The van der Waals surface area contributed by atoms with E-state index in [-0.39, 0.29) is 11.9 Å². The van der Waals surface area contributed by atoms with Crippen molar-refractivity contribution in [2.24, 2.45) is 0 Å². The lowest BCUT2D eigenvalue weighted by Crippen LogP contribution is -2.86. The molecular weight excluding hydrogens is 307 g/mol. The van der Waals surface area contributed by atoms with E-state index in [9.17, 15) is 4.79 Å². The number of rotatable bonds is 5. The van der Waals surface area contributed by atoms with Gasteiger partial charge in [0.05, 0.1) is 10.7 Å². The Morgan fingerprint density at radius 1 is 1.10 bits per heavy atom. The van der Waals surface area contributed by atoms with Crippen LogP contribution in [0.15, 0.2) is 48.5 Å². The molecule has 0 radical (unpaired) electrons. The van der Waals surface area contributed by atoms with Crippen molar-refractivity contribution in [2.75, 3.05) is 11.9 Å². The maximum atomic E-state index is 12.0. The lowest BCUT2D eigenvalue weighted by molar-refractivity contribution is -0.682. The number of amides is 1. The van der Waals surface area contributed by atoms with Gasteiger partial charge in [0.1, 0.15) is 6.04 Å². The number of carbonyl (C=O) groups excluding carboxylic acids is 1. The van der Waals surface area contributed by atoms with E-state index >= 15 is 0 Å². The number of hydrogen-bond acceptors (Lipinski definition) is 1. The lowest BCUT2D eigenvalue weighted by atomic mass is 10.1. The molecule has 0 bridgehead atoms. The Balaban J connectivity index is 1.90. The first-order chi connectivity index (χ1) is 10.1. The number of quaternary nitrogens is 1. The molecule has 0 aliphatic carbocycles. The van der Waals surface area contributed by atoms with Crippen molar-refractivity contribution in [3.63, 3.8) is 0 Å². The molecule has 0 heterocycles. The number of nitrogens with one attached hydrogen (secondary N) is 1. The van der Waals surface area contributed by atoms with Crippen LogP contribution in [0, 0.1) is 0 Å². The van der Waals surface area contributed by atoms with Crippen molar-refractivity contribution in [3.05, 3.63) is 64.1 Å². The summed E-state index contributed by atoms with van der Waals surface area (Å²) in [6, 6.07) is 14.9. The van der Waals surface area contributed by atoms with Crippen molar-refractivity contribution in [2.45, 2.75) is 13.0 Å². The molecule has 3 N–H and O–H groups in total. The van der Waals surface area contributed by atoms with Gasteiger partial charge in [-0.1, -0.05) is 53.5 Å². The molecule has 2 aromatic rings. The van der Waals surface area contributed by atoms with E-state index in [2.05, 4.69) is 5.32 Å². The average molecular weight is 324 g/mol. The summed E-state index contributed by atoms with van der Waals surface area (Å²) in [4.78, 5) is 12.0. The molecule has 0 aliphatic rings. The number of para-hydroxylation sites is 1. The number of benzene rings is 2. The zero-order chi connectivity index (χ0) is 15.2. The van der Waals surface area contributed by atoms with Crippen molar-refractivity contribution >= 4 is 34.8 Å².